The highest BCUT2D eigenvalue weighted by atomic mass is 32.2. The Morgan fingerprint density at radius 2 is 1.71 bits per heavy atom. The summed E-state index contributed by atoms with van der Waals surface area (Å²) in [6, 6.07) is 4.40. The van der Waals surface area contributed by atoms with Crippen molar-refractivity contribution in [2.75, 3.05) is 23.7 Å². The highest BCUT2D eigenvalue weighted by Gasteiger charge is 2.34. The summed E-state index contributed by atoms with van der Waals surface area (Å²) in [6.45, 7) is 3.12. The number of amides is 1. The molecule has 0 N–H and O–H groups in total. The van der Waals surface area contributed by atoms with Gasteiger partial charge in [-0.25, -0.2) is 12.8 Å². The zero-order valence-electron chi connectivity index (χ0n) is 14.2. The van der Waals surface area contributed by atoms with Crippen molar-refractivity contribution in [1.29, 1.82) is 0 Å². The topological polar surface area (TPSA) is 57.7 Å². The minimum absolute atomic E-state index is 0.172. The average molecular weight is 356 g/mol. The smallest absolute Gasteiger partial charge is 0.246 e. The van der Waals surface area contributed by atoms with Crippen molar-refractivity contribution in [3.8, 4) is 0 Å². The zero-order valence-corrected chi connectivity index (χ0v) is 15.1. The van der Waals surface area contributed by atoms with Crippen molar-refractivity contribution in [2.45, 2.75) is 45.1 Å². The van der Waals surface area contributed by atoms with Crippen LogP contribution >= 0.6 is 0 Å². The third-order valence-corrected chi connectivity index (χ3v) is 5.49. The average Bonchev–Trinajstić information content (AvgIpc) is 2.81. The molecular formula is C17H25FN2O3S. The molecule has 1 amide bonds. The summed E-state index contributed by atoms with van der Waals surface area (Å²) in [5, 5.41) is 0. The predicted molar refractivity (Wildman–Crippen MR) is 92.8 cm³/mol. The van der Waals surface area contributed by atoms with Gasteiger partial charge in [-0.05, 0) is 43.5 Å². The van der Waals surface area contributed by atoms with Crippen LogP contribution in [-0.2, 0) is 14.8 Å². The fourth-order valence-corrected chi connectivity index (χ4v) is 4.34. The predicted octanol–water partition coefficient (Wildman–Crippen LogP) is 2.77. The fraction of sp³-hybridized carbons (Fsp3) is 0.588. The molecule has 24 heavy (non-hydrogen) atoms. The van der Waals surface area contributed by atoms with Crippen molar-refractivity contribution in [1.82, 2.24) is 4.90 Å². The number of carbonyl (C=O) groups is 1. The van der Waals surface area contributed by atoms with Gasteiger partial charge < -0.3 is 4.90 Å². The third-order valence-electron chi connectivity index (χ3n) is 4.31. The van der Waals surface area contributed by atoms with E-state index >= 15 is 0 Å². The number of carbonyl (C=O) groups excluding carboxylic acids is 1. The van der Waals surface area contributed by atoms with Crippen LogP contribution in [0.1, 0.15) is 39.0 Å². The quantitative estimate of drug-likeness (QED) is 0.815. The summed E-state index contributed by atoms with van der Waals surface area (Å²) in [4.78, 5) is 14.7. The summed E-state index contributed by atoms with van der Waals surface area (Å²) in [6.07, 6.45) is 5.51. The molecule has 0 bridgehead atoms. The maximum Gasteiger partial charge on any atom is 0.246 e. The molecule has 2 rings (SSSR count). The highest BCUT2D eigenvalue weighted by Crippen LogP contribution is 2.24. The molecule has 0 unspecified atom stereocenters. The van der Waals surface area contributed by atoms with Crippen molar-refractivity contribution in [3.05, 3.63) is 30.1 Å². The lowest BCUT2D eigenvalue weighted by Crippen LogP contribution is -2.51. The number of benzene rings is 1. The lowest BCUT2D eigenvalue weighted by atomic mass is 10.1. The van der Waals surface area contributed by atoms with Crippen LogP contribution in [0.3, 0.4) is 0 Å². The molecule has 7 heteroatoms. The Balaban J connectivity index is 2.34. The van der Waals surface area contributed by atoms with Gasteiger partial charge in [0.2, 0.25) is 15.9 Å². The molecular weight excluding hydrogens is 331 g/mol. The van der Waals surface area contributed by atoms with Gasteiger partial charge in [0, 0.05) is 13.1 Å². The maximum absolute atomic E-state index is 13.2. The first-order valence-corrected chi connectivity index (χ1v) is 10.2. The molecule has 1 heterocycles. The van der Waals surface area contributed by atoms with Crippen LogP contribution in [0.15, 0.2) is 24.3 Å². The van der Waals surface area contributed by atoms with E-state index in [1.807, 2.05) is 0 Å². The van der Waals surface area contributed by atoms with Gasteiger partial charge in [-0.3, -0.25) is 9.10 Å². The molecule has 0 spiro atoms. The van der Waals surface area contributed by atoms with Gasteiger partial charge >= 0.3 is 0 Å². The number of nitrogens with zero attached hydrogens (tertiary/aromatic N) is 2. The first-order valence-electron chi connectivity index (χ1n) is 8.38. The van der Waals surface area contributed by atoms with Gasteiger partial charge in [0.25, 0.3) is 0 Å². The molecule has 5 nitrogen and oxygen atoms in total. The fourth-order valence-electron chi connectivity index (χ4n) is 3.13. The molecule has 0 aliphatic carbocycles. The Labute approximate surface area is 143 Å². The summed E-state index contributed by atoms with van der Waals surface area (Å²) >= 11 is 0. The number of hydrogen-bond donors (Lipinski definition) is 0. The van der Waals surface area contributed by atoms with Gasteiger partial charge in [-0.15, -0.1) is 0 Å². The lowest BCUT2D eigenvalue weighted by molar-refractivity contribution is -0.132. The van der Waals surface area contributed by atoms with Gasteiger partial charge in [-0.1, -0.05) is 19.8 Å². The standard InChI is InChI=1S/C17H25FN2O3S/c1-3-16(17(21)19-12-6-4-5-7-13-19)20(24(2,22)23)15-10-8-14(18)9-11-15/h8-11,16H,3-7,12-13H2,1-2H3/t16-/m0/s1. The second kappa shape index (κ2) is 7.96. The summed E-state index contributed by atoms with van der Waals surface area (Å²) in [5.74, 6) is -0.617. The Bertz CT molecular complexity index is 653. The van der Waals surface area contributed by atoms with Crippen molar-refractivity contribution < 1.29 is 17.6 Å². The van der Waals surface area contributed by atoms with Crippen LogP contribution in [0, 0.1) is 5.82 Å². The third kappa shape index (κ3) is 4.47. The number of likely N-dealkylation sites (tertiary alicyclic amines) is 1. The normalized spacial score (nSPS) is 17.2. The Morgan fingerprint density at radius 1 is 1.17 bits per heavy atom. The molecule has 1 saturated heterocycles. The minimum Gasteiger partial charge on any atom is -0.341 e. The van der Waals surface area contributed by atoms with E-state index in [-0.39, 0.29) is 5.91 Å². The Morgan fingerprint density at radius 3 is 2.17 bits per heavy atom. The van der Waals surface area contributed by atoms with Gasteiger partial charge in [0.05, 0.1) is 11.9 Å². The number of sulfonamides is 1. The number of halogens is 1. The first-order chi connectivity index (χ1) is 11.3. The summed E-state index contributed by atoms with van der Waals surface area (Å²) < 4.78 is 39.0. The van der Waals surface area contributed by atoms with Crippen molar-refractivity contribution >= 4 is 21.6 Å². The molecule has 1 aliphatic rings. The Hall–Kier alpha value is -1.63. The Kier molecular flexibility index (Phi) is 6.21. The van der Waals surface area contributed by atoms with E-state index in [0.29, 0.717) is 25.2 Å². The van der Waals surface area contributed by atoms with E-state index in [9.17, 15) is 17.6 Å². The summed E-state index contributed by atoms with van der Waals surface area (Å²) in [7, 11) is -3.67. The minimum atomic E-state index is -3.67. The number of hydrogen-bond acceptors (Lipinski definition) is 3. The van der Waals surface area contributed by atoms with E-state index in [1.165, 1.54) is 24.3 Å². The number of rotatable bonds is 5. The second-order valence-electron chi connectivity index (χ2n) is 6.20. The maximum atomic E-state index is 13.2. The van der Waals surface area contributed by atoms with Crippen LogP contribution in [0.2, 0.25) is 0 Å². The molecule has 0 saturated carbocycles. The van der Waals surface area contributed by atoms with Crippen LogP contribution < -0.4 is 4.31 Å². The first kappa shape index (κ1) is 18.7. The number of anilines is 1. The molecule has 1 aromatic carbocycles. The molecule has 0 radical (unpaired) electrons. The summed E-state index contributed by atoms with van der Waals surface area (Å²) in [5.41, 5.74) is 0.314. The van der Waals surface area contributed by atoms with E-state index < -0.39 is 21.9 Å². The van der Waals surface area contributed by atoms with Crippen molar-refractivity contribution in [2.24, 2.45) is 0 Å². The van der Waals surface area contributed by atoms with E-state index in [4.69, 9.17) is 0 Å². The van der Waals surface area contributed by atoms with Crippen LogP contribution in [0.25, 0.3) is 0 Å². The monoisotopic (exact) mass is 356 g/mol. The van der Waals surface area contributed by atoms with E-state index in [1.54, 1.807) is 11.8 Å². The van der Waals surface area contributed by atoms with Crippen LogP contribution in [0.5, 0.6) is 0 Å². The second-order valence-corrected chi connectivity index (χ2v) is 8.06. The SMILES string of the molecule is CC[C@@H](C(=O)N1CCCCCC1)N(c1ccc(F)cc1)S(C)(=O)=O. The molecule has 1 aromatic rings. The highest BCUT2D eigenvalue weighted by molar-refractivity contribution is 7.92. The van der Waals surface area contributed by atoms with Crippen LogP contribution in [0.4, 0.5) is 10.1 Å². The van der Waals surface area contributed by atoms with Crippen LogP contribution in [-0.4, -0.2) is 44.6 Å². The molecule has 134 valence electrons. The van der Waals surface area contributed by atoms with E-state index in [0.717, 1.165) is 36.2 Å². The zero-order chi connectivity index (χ0) is 17.7. The van der Waals surface area contributed by atoms with E-state index in [2.05, 4.69) is 0 Å². The molecule has 1 fully saturated rings. The van der Waals surface area contributed by atoms with Gasteiger partial charge in [0.1, 0.15) is 11.9 Å². The van der Waals surface area contributed by atoms with Crippen molar-refractivity contribution in [3.63, 3.8) is 0 Å². The lowest BCUT2D eigenvalue weighted by Gasteiger charge is -2.33. The molecule has 1 atom stereocenters. The van der Waals surface area contributed by atoms with Gasteiger partial charge in [-0.2, -0.15) is 0 Å². The van der Waals surface area contributed by atoms with Gasteiger partial charge in [0.15, 0.2) is 0 Å². The largest absolute Gasteiger partial charge is 0.341 e. The molecule has 1 aliphatic heterocycles. The molecule has 0 aromatic heterocycles.